The van der Waals surface area contributed by atoms with Crippen LogP contribution in [0.3, 0.4) is 0 Å². The van der Waals surface area contributed by atoms with Crippen LogP contribution in [-0.2, 0) is 13.0 Å². The van der Waals surface area contributed by atoms with Gasteiger partial charge in [-0.2, -0.15) is 0 Å². The van der Waals surface area contributed by atoms with Crippen molar-refractivity contribution in [3.63, 3.8) is 0 Å². The lowest BCUT2D eigenvalue weighted by Crippen LogP contribution is -2.20. The number of benzene rings is 2. The van der Waals surface area contributed by atoms with E-state index in [2.05, 4.69) is 58.2 Å². The number of rotatable bonds is 5. The topological polar surface area (TPSA) is 29.3 Å². The van der Waals surface area contributed by atoms with Crippen LogP contribution in [0.2, 0.25) is 0 Å². The van der Waals surface area contributed by atoms with Crippen molar-refractivity contribution in [2.24, 2.45) is 0 Å². The molecule has 0 saturated heterocycles. The molecule has 0 aromatic heterocycles. The van der Waals surface area contributed by atoms with Crippen LogP contribution in [0.5, 0.6) is 0 Å². The number of nitrogen functional groups attached to an aromatic ring is 1. The Balaban J connectivity index is 0.00000200. The number of anilines is 1. The van der Waals surface area contributed by atoms with Gasteiger partial charge in [-0.05, 0) is 48.9 Å². The van der Waals surface area contributed by atoms with Crippen LogP contribution in [0.1, 0.15) is 11.1 Å². The molecule has 2 aromatic rings. The van der Waals surface area contributed by atoms with Gasteiger partial charge in [-0.1, -0.05) is 40.2 Å². The molecule has 2 N–H and O–H groups in total. The minimum Gasteiger partial charge on any atom is -0.399 e. The van der Waals surface area contributed by atoms with E-state index in [4.69, 9.17) is 5.73 Å². The van der Waals surface area contributed by atoms with E-state index in [1.54, 1.807) is 0 Å². The molecule has 0 aliphatic carbocycles. The molecule has 0 fully saturated rings. The summed E-state index contributed by atoms with van der Waals surface area (Å²) in [5.41, 5.74) is 9.25. The standard InChI is InChI=1S/C16H19BrN2.ClH/c1-19(12-14-3-2-4-16(18)11-14)10-9-13-5-7-15(17)8-6-13;/h2-8,11H,9-10,12,18H2,1H3;1H. The molecule has 0 amide bonds. The molecule has 0 heterocycles. The highest BCUT2D eigenvalue weighted by Crippen LogP contribution is 2.12. The van der Waals surface area contributed by atoms with Crippen LogP contribution < -0.4 is 5.73 Å². The summed E-state index contributed by atoms with van der Waals surface area (Å²) in [5, 5.41) is 0. The number of nitrogens with zero attached hydrogens (tertiary/aromatic N) is 1. The predicted octanol–water partition coefficient (Wildman–Crippen LogP) is 4.13. The van der Waals surface area contributed by atoms with Crippen molar-refractivity contribution < 1.29 is 0 Å². The summed E-state index contributed by atoms with van der Waals surface area (Å²) in [6.45, 7) is 1.97. The highest BCUT2D eigenvalue weighted by atomic mass is 79.9. The molecule has 0 unspecified atom stereocenters. The van der Waals surface area contributed by atoms with Crippen molar-refractivity contribution in [2.75, 3.05) is 19.3 Å². The molecular formula is C16H20BrClN2. The Morgan fingerprint density at radius 3 is 2.40 bits per heavy atom. The summed E-state index contributed by atoms with van der Waals surface area (Å²) in [6.07, 6.45) is 1.06. The number of hydrogen-bond acceptors (Lipinski definition) is 2. The fourth-order valence-electron chi connectivity index (χ4n) is 2.05. The molecule has 4 heteroatoms. The van der Waals surface area contributed by atoms with Crippen LogP contribution in [0, 0.1) is 0 Å². The second-order valence-electron chi connectivity index (χ2n) is 4.86. The molecule has 0 saturated carbocycles. The van der Waals surface area contributed by atoms with Gasteiger partial charge in [-0.15, -0.1) is 12.4 Å². The van der Waals surface area contributed by atoms with Crippen LogP contribution >= 0.6 is 28.3 Å². The van der Waals surface area contributed by atoms with Gasteiger partial charge in [-0.3, -0.25) is 0 Å². The first kappa shape index (κ1) is 17.0. The number of likely N-dealkylation sites (N-methyl/N-ethyl adjacent to an activating group) is 1. The Labute approximate surface area is 135 Å². The van der Waals surface area contributed by atoms with E-state index in [1.165, 1.54) is 11.1 Å². The zero-order valence-corrected chi connectivity index (χ0v) is 14.0. The van der Waals surface area contributed by atoms with Crippen molar-refractivity contribution >= 4 is 34.0 Å². The molecule has 0 radical (unpaired) electrons. The Kier molecular flexibility index (Phi) is 7.06. The third-order valence-electron chi connectivity index (χ3n) is 3.10. The quantitative estimate of drug-likeness (QED) is 0.817. The molecule has 2 rings (SSSR count). The van der Waals surface area contributed by atoms with Crippen LogP contribution in [-0.4, -0.2) is 18.5 Å². The normalized spacial score (nSPS) is 10.3. The fourth-order valence-corrected chi connectivity index (χ4v) is 2.32. The van der Waals surface area contributed by atoms with E-state index in [0.29, 0.717) is 0 Å². The SMILES string of the molecule is CN(CCc1ccc(Br)cc1)Cc1cccc(N)c1.Cl. The minimum atomic E-state index is 0. The lowest BCUT2D eigenvalue weighted by Gasteiger charge is -2.17. The second-order valence-corrected chi connectivity index (χ2v) is 5.77. The van der Waals surface area contributed by atoms with Gasteiger partial charge in [0.05, 0.1) is 0 Å². The molecule has 0 atom stereocenters. The van der Waals surface area contributed by atoms with Crippen LogP contribution in [0.4, 0.5) is 5.69 Å². The molecule has 0 spiro atoms. The number of halogens is 2. The maximum atomic E-state index is 5.79. The van der Waals surface area contributed by atoms with Gasteiger partial charge in [0.25, 0.3) is 0 Å². The van der Waals surface area contributed by atoms with Crippen molar-refractivity contribution in [2.45, 2.75) is 13.0 Å². The Bertz CT molecular complexity index is 528. The summed E-state index contributed by atoms with van der Waals surface area (Å²) >= 11 is 3.45. The van der Waals surface area contributed by atoms with E-state index in [1.807, 2.05) is 18.2 Å². The van der Waals surface area contributed by atoms with Crippen molar-refractivity contribution in [1.29, 1.82) is 0 Å². The number of nitrogens with two attached hydrogens (primary N) is 1. The first-order valence-corrected chi connectivity index (χ1v) is 7.20. The lowest BCUT2D eigenvalue weighted by atomic mass is 10.1. The van der Waals surface area contributed by atoms with E-state index in [0.717, 1.165) is 29.7 Å². The first-order chi connectivity index (χ1) is 9.13. The van der Waals surface area contributed by atoms with Crippen molar-refractivity contribution in [1.82, 2.24) is 4.90 Å². The molecule has 108 valence electrons. The van der Waals surface area contributed by atoms with Gasteiger partial charge in [-0.25, -0.2) is 0 Å². The molecule has 2 nitrogen and oxygen atoms in total. The van der Waals surface area contributed by atoms with Gasteiger partial charge in [0, 0.05) is 23.2 Å². The third-order valence-corrected chi connectivity index (χ3v) is 3.63. The second kappa shape index (κ2) is 8.30. The van der Waals surface area contributed by atoms with Crippen LogP contribution in [0.15, 0.2) is 53.0 Å². The third kappa shape index (κ3) is 5.53. The summed E-state index contributed by atoms with van der Waals surface area (Å²) in [4.78, 5) is 2.32. The van der Waals surface area contributed by atoms with Gasteiger partial charge < -0.3 is 10.6 Å². The van der Waals surface area contributed by atoms with Crippen molar-refractivity contribution in [3.8, 4) is 0 Å². The highest BCUT2D eigenvalue weighted by Gasteiger charge is 2.01. The first-order valence-electron chi connectivity index (χ1n) is 6.41. The molecule has 0 bridgehead atoms. The molecule has 0 aliphatic rings. The van der Waals surface area contributed by atoms with Gasteiger partial charge in [0.2, 0.25) is 0 Å². The maximum absolute atomic E-state index is 5.79. The summed E-state index contributed by atoms with van der Waals surface area (Å²) < 4.78 is 1.13. The largest absolute Gasteiger partial charge is 0.399 e. The van der Waals surface area contributed by atoms with Gasteiger partial charge in [0.15, 0.2) is 0 Å². The van der Waals surface area contributed by atoms with Crippen LogP contribution in [0.25, 0.3) is 0 Å². The van der Waals surface area contributed by atoms with E-state index < -0.39 is 0 Å². The summed E-state index contributed by atoms with van der Waals surface area (Å²) in [5.74, 6) is 0. The van der Waals surface area contributed by atoms with Gasteiger partial charge >= 0.3 is 0 Å². The number of hydrogen-bond donors (Lipinski definition) is 1. The maximum Gasteiger partial charge on any atom is 0.0317 e. The van der Waals surface area contributed by atoms with E-state index in [9.17, 15) is 0 Å². The monoisotopic (exact) mass is 354 g/mol. The summed E-state index contributed by atoms with van der Waals surface area (Å²) in [7, 11) is 2.14. The van der Waals surface area contributed by atoms with Crippen molar-refractivity contribution in [3.05, 3.63) is 64.1 Å². The molecule has 0 aliphatic heterocycles. The summed E-state index contributed by atoms with van der Waals surface area (Å²) in [6, 6.07) is 16.6. The predicted molar refractivity (Wildman–Crippen MR) is 92.3 cm³/mol. The fraction of sp³-hybridized carbons (Fsp3) is 0.250. The highest BCUT2D eigenvalue weighted by molar-refractivity contribution is 9.10. The minimum absolute atomic E-state index is 0. The molecule has 2 aromatic carbocycles. The Morgan fingerprint density at radius 2 is 1.75 bits per heavy atom. The Hall–Kier alpha value is -1.03. The lowest BCUT2D eigenvalue weighted by molar-refractivity contribution is 0.331. The smallest absolute Gasteiger partial charge is 0.0317 e. The Morgan fingerprint density at radius 1 is 1.05 bits per heavy atom. The van der Waals surface area contributed by atoms with E-state index in [-0.39, 0.29) is 12.4 Å². The van der Waals surface area contributed by atoms with E-state index >= 15 is 0 Å². The van der Waals surface area contributed by atoms with Gasteiger partial charge in [0.1, 0.15) is 0 Å². The molecular weight excluding hydrogens is 336 g/mol. The average molecular weight is 356 g/mol. The molecule has 20 heavy (non-hydrogen) atoms. The zero-order valence-electron chi connectivity index (χ0n) is 11.6. The average Bonchev–Trinajstić information content (AvgIpc) is 2.38. The zero-order chi connectivity index (χ0) is 13.7.